The molecular weight excluding hydrogens is 296 g/mol. The van der Waals surface area contributed by atoms with Crippen molar-refractivity contribution in [3.63, 3.8) is 0 Å². The first kappa shape index (κ1) is 15.6. The second kappa shape index (κ2) is 7.89. The third-order valence-corrected chi connectivity index (χ3v) is 3.82. The average molecular weight is 317 g/mol. The van der Waals surface area contributed by atoms with Crippen LogP contribution in [0.25, 0.3) is 0 Å². The van der Waals surface area contributed by atoms with Gasteiger partial charge in [0.25, 0.3) is 0 Å². The highest BCUT2D eigenvalue weighted by atomic mass is 79.9. The fourth-order valence-electron chi connectivity index (χ4n) is 1.92. The first-order valence-corrected chi connectivity index (χ1v) is 7.04. The molecular formula is C14H21BrO3. The third kappa shape index (κ3) is 3.79. The summed E-state index contributed by atoms with van der Waals surface area (Å²) in [7, 11) is 0. The van der Waals surface area contributed by atoms with Crippen LogP contribution in [0, 0.1) is 0 Å². The summed E-state index contributed by atoms with van der Waals surface area (Å²) in [6.45, 7) is 3.11. The predicted molar refractivity (Wildman–Crippen MR) is 75.7 cm³/mol. The van der Waals surface area contributed by atoms with E-state index in [1.807, 2.05) is 24.3 Å². The number of aliphatic hydroxyl groups is 2. The van der Waals surface area contributed by atoms with E-state index in [0.29, 0.717) is 19.6 Å². The lowest BCUT2D eigenvalue weighted by atomic mass is 9.79. The van der Waals surface area contributed by atoms with Crippen molar-refractivity contribution in [2.24, 2.45) is 0 Å². The molecule has 0 saturated carbocycles. The minimum absolute atomic E-state index is 0.0956. The zero-order chi connectivity index (χ0) is 13.4. The summed E-state index contributed by atoms with van der Waals surface area (Å²) in [6, 6.07) is 7.67. The van der Waals surface area contributed by atoms with Gasteiger partial charge >= 0.3 is 0 Å². The lowest BCUT2D eigenvalue weighted by Gasteiger charge is -2.31. The first-order chi connectivity index (χ1) is 8.70. The van der Waals surface area contributed by atoms with Crippen LogP contribution in [0.5, 0.6) is 0 Å². The van der Waals surface area contributed by atoms with Gasteiger partial charge in [-0.15, -0.1) is 0 Å². The molecule has 1 rings (SSSR count). The van der Waals surface area contributed by atoms with E-state index in [2.05, 4.69) is 22.9 Å². The van der Waals surface area contributed by atoms with Crippen LogP contribution < -0.4 is 0 Å². The van der Waals surface area contributed by atoms with E-state index < -0.39 is 5.41 Å². The Labute approximate surface area is 117 Å². The maximum Gasteiger partial charge on any atom is 0.0551 e. The van der Waals surface area contributed by atoms with Crippen LogP contribution in [0.4, 0.5) is 0 Å². The minimum Gasteiger partial charge on any atom is -0.395 e. The highest BCUT2D eigenvalue weighted by Gasteiger charge is 2.32. The van der Waals surface area contributed by atoms with Crippen LogP contribution in [0.1, 0.15) is 25.3 Å². The Bertz CT molecular complexity index is 351. The number of ether oxygens (including phenoxy) is 1. The highest BCUT2D eigenvalue weighted by Crippen LogP contribution is 2.33. The summed E-state index contributed by atoms with van der Waals surface area (Å²) in [5, 5.41) is 19.3. The molecule has 0 heterocycles. The van der Waals surface area contributed by atoms with Crippen LogP contribution in [0.2, 0.25) is 0 Å². The molecule has 0 aliphatic heterocycles. The van der Waals surface area contributed by atoms with Crippen molar-refractivity contribution in [3.8, 4) is 0 Å². The second-order valence-corrected chi connectivity index (χ2v) is 5.29. The highest BCUT2D eigenvalue weighted by molar-refractivity contribution is 9.10. The number of hydrogen-bond acceptors (Lipinski definition) is 3. The Morgan fingerprint density at radius 2 is 1.83 bits per heavy atom. The normalized spacial score (nSPS) is 11.8. The Balaban J connectivity index is 2.83. The molecule has 0 bridgehead atoms. The van der Waals surface area contributed by atoms with Gasteiger partial charge in [0.05, 0.1) is 13.2 Å². The summed E-state index contributed by atoms with van der Waals surface area (Å²) in [6.07, 6.45) is 1.57. The topological polar surface area (TPSA) is 49.7 Å². The van der Waals surface area contributed by atoms with Gasteiger partial charge in [-0.2, -0.15) is 0 Å². The van der Waals surface area contributed by atoms with Crippen molar-refractivity contribution in [1.29, 1.82) is 0 Å². The Kier molecular flexibility index (Phi) is 6.86. The molecule has 0 unspecified atom stereocenters. The summed E-state index contributed by atoms with van der Waals surface area (Å²) >= 11 is 3.47. The maximum absolute atomic E-state index is 9.67. The predicted octanol–water partition coefficient (Wildman–Crippen LogP) is 2.49. The third-order valence-electron chi connectivity index (χ3n) is 3.12. The largest absolute Gasteiger partial charge is 0.395 e. The number of rotatable bonds is 8. The van der Waals surface area contributed by atoms with Crippen molar-refractivity contribution in [1.82, 2.24) is 0 Å². The minimum atomic E-state index is -0.645. The van der Waals surface area contributed by atoms with Crippen LogP contribution in [0.3, 0.4) is 0 Å². The Hall–Kier alpha value is -0.420. The van der Waals surface area contributed by atoms with Gasteiger partial charge in [-0.1, -0.05) is 41.1 Å². The van der Waals surface area contributed by atoms with Crippen molar-refractivity contribution >= 4 is 15.9 Å². The van der Waals surface area contributed by atoms with E-state index in [9.17, 15) is 10.2 Å². The van der Waals surface area contributed by atoms with Gasteiger partial charge in [0, 0.05) is 23.1 Å². The zero-order valence-corrected chi connectivity index (χ0v) is 12.3. The molecule has 3 nitrogen and oxygen atoms in total. The van der Waals surface area contributed by atoms with Crippen LogP contribution in [0.15, 0.2) is 28.7 Å². The molecule has 102 valence electrons. The summed E-state index contributed by atoms with van der Waals surface area (Å²) < 4.78 is 6.37. The van der Waals surface area contributed by atoms with E-state index in [0.717, 1.165) is 16.5 Å². The zero-order valence-electron chi connectivity index (χ0n) is 10.7. The van der Waals surface area contributed by atoms with E-state index in [1.54, 1.807) is 0 Å². The SMILES string of the molecule is CCCOCCC(CO)(CO)c1ccccc1Br. The quantitative estimate of drug-likeness (QED) is 0.724. The van der Waals surface area contributed by atoms with Crippen molar-refractivity contribution in [2.45, 2.75) is 25.2 Å². The number of benzene rings is 1. The van der Waals surface area contributed by atoms with Gasteiger partial charge in [0.15, 0.2) is 0 Å². The summed E-state index contributed by atoms with van der Waals surface area (Å²) in [4.78, 5) is 0. The fourth-order valence-corrected chi connectivity index (χ4v) is 2.62. The molecule has 0 atom stereocenters. The molecule has 0 aliphatic rings. The molecule has 0 aliphatic carbocycles. The van der Waals surface area contributed by atoms with Gasteiger partial charge in [-0.25, -0.2) is 0 Å². The molecule has 0 saturated heterocycles. The number of aliphatic hydroxyl groups excluding tert-OH is 2. The van der Waals surface area contributed by atoms with Gasteiger partial charge in [0.2, 0.25) is 0 Å². The Morgan fingerprint density at radius 1 is 1.17 bits per heavy atom. The molecule has 2 N–H and O–H groups in total. The molecule has 0 radical (unpaired) electrons. The maximum atomic E-state index is 9.67. The van der Waals surface area contributed by atoms with Gasteiger partial charge in [0.1, 0.15) is 0 Å². The molecule has 0 fully saturated rings. The molecule has 0 amide bonds. The van der Waals surface area contributed by atoms with E-state index in [4.69, 9.17) is 4.74 Å². The first-order valence-electron chi connectivity index (χ1n) is 6.24. The van der Waals surface area contributed by atoms with Crippen molar-refractivity contribution in [2.75, 3.05) is 26.4 Å². The molecule has 0 spiro atoms. The summed E-state index contributed by atoms with van der Waals surface area (Å²) in [5.41, 5.74) is 0.281. The van der Waals surface area contributed by atoms with Crippen molar-refractivity contribution in [3.05, 3.63) is 34.3 Å². The second-order valence-electron chi connectivity index (χ2n) is 4.44. The van der Waals surface area contributed by atoms with Crippen molar-refractivity contribution < 1.29 is 14.9 Å². The van der Waals surface area contributed by atoms with E-state index in [1.165, 1.54) is 0 Å². The van der Waals surface area contributed by atoms with Gasteiger partial charge < -0.3 is 14.9 Å². The lowest BCUT2D eigenvalue weighted by molar-refractivity contribution is 0.0624. The van der Waals surface area contributed by atoms with E-state index >= 15 is 0 Å². The Morgan fingerprint density at radius 3 is 2.39 bits per heavy atom. The van der Waals surface area contributed by atoms with E-state index in [-0.39, 0.29) is 13.2 Å². The molecule has 18 heavy (non-hydrogen) atoms. The molecule has 1 aromatic carbocycles. The molecule has 0 aromatic heterocycles. The standard InChI is InChI=1S/C14H21BrO3/c1-2-8-18-9-7-14(10-16,11-17)12-5-3-4-6-13(12)15/h3-6,16-17H,2,7-11H2,1H3. The van der Waals surface area contributed by atoms with Crippen LogP contribution in [-0.4, -0.2) is 36.6 Å². The smallest absolute Gasteiger partial charge is 0.0551 e. The average Bonchev–Trinajstić information content (AvgIpc) is 2.41. The van der Waals surface area contributed by atoms with Crippen LogP contribution >= 0.6 is 15.9 Å². The fraction of sp³-hybridized carbons (Fsp3) is 0.571. The van der Waals surface area contributed by atoms with Crippen LogP contribution in [-0.2, 0) is 10.2 Å². The number of halogens is 1. The monoisotopic (exact) mass is 316 g/mol. The van der Waals surface area contributed by atoms with Gasteiger partial charge in [-0.3, -0.25) is 0 Å². The molecule has 1 aromatic rings. The van der Waals surface area contributed by atoms with Gasteiger partial charge in [-0.05, 0) is 24.5 Å². The summed E-state index contributed by atoms with van der Waals surface area (Å²) in [5.74, 6) is 0. The number of hydrogen-bond donors (Lipinski definition) is 2. The molecule has 4 heteroatoms. The lowest BCUT2D eigenvalue weighted by Crippen LogP contribution is -2.36.